The van der Waals surface area contributed by atoms with E-state index in [2.05, 4.69) is 10.3 Å². The summed E-state index contributed by atoms with van der Waals surface area (Å²) < 4.78 is 10.4. The second-order valence-electron chi connectivity index (χ2n) is 6.11. The van der Waals surface area contributed by atoms with Gasteiger partial charge in [-0.3, -0.25) is 4.79 Å². The smallest absolute Gasteiger partial charge is 0.251 e. The fourth-order valence-corrected chi connectivity index (χ4v) is 3.65. The van der Waals surface area contributed by atoms with Crippen molar-refractivity contribution in [1.82, 2.24) is 10.3 Å². The Hall–Kier alpha value is -2.37. The van der Waals surface area contributed by atoms with Gasteiger partial charge in [0.15, 0.2) is 11.5 Å². The Bertz CT molecular complexity index is 999. The molecule has 5 nitrogen and oxygen atoms in total. The van der Waals surface area contributed by atoms with E-state index in [4.69, 9.17) is 32.7 Å². The molecule has 3 rings (SSSR count). The number of aromatic amines is 1. The third-order valence-electron chi connectivity index (χ3n) is 4.45. The largest absolute Gasteiger partial charge is 0.493 e. The van der Waals surface area contributed by atoms with Gasteiger partial charge in [-0.2, -0.15) is 0 Å². The van der Waals surface area contributed by atoms with Gasteiger partial charge in [0.05, 0.1) is 24.8 Å². The highest BCUT2D eigenvalue weighted by molar-refractivity contribution is 6.38. The van der Waals surface area contributed by atoms with E-state index >= 15 is 0 Å². The molecule has 0 fully saturated rings. The minimum atomic E-state index is -0.176. The summed E-state index contributed by atoms with van der Waals surface area (Å²) in [5.41, 5.74) is 3.46. The van der Waals surface area contributed by atoms with Gasteiger partial charge in [0.2, 0.25) is 0 Å². The number of H-pyrrole nitrogens is 1. The number of ether oxygens (including phenoxy) is 2. The average Bonchev–Trinajstić information content (AvgIpc) is 2.97. The number of aromatic nitrogens is 1. The van der Waals surface area contributed by atoms with Crippen LogP contribution in [0.5, 0.6) is 11.5 Å². The van der Waals surface area contributed by atoms with Crippen LogP contribution in [0.4, 0.5) is 0 Å². The van der Waals surface area contributed by atoms with Crippen LogP contribution in [0.3, 0.4) is 0 Å². The van der Waals surface area contributed by atoms with Crippen molar-refractivity contribution in [2.24, 2.45) is 0 Å². The maximum Gasteiger partial charge on any atom is 0.251 e. The van der Waals surface area contributed by atoms with Gasteiger partial charge in [-0.15, -0.1) is 0 Å². The third kappa shape index (κ3) is 3.99. The number of nitrogens with one attached hydrogen (secondary N) is 2. The van der Waals surface area contributed by atoms with Crippen molar-refractivity contribution in [1.29, 1.82) is 0 Å². The van der Waals surface area contributed by atoms with Crippen molar-refractivity contribution >= 4 is 40.0 Å². The highest BCUT2D eigenvalue weighted by atomic mass is 35.5. The first kappa shape index (κ1) is 19.4. The number of carbonyl (C=O) groups is 1. The molecule has 0 unspecified atom stereocenters. The van der Waals surface area contributed by atoms with Crippen LogP contribution >= 0.6 is 23.2 Å². The van der Waals surface area contributed by atoms with Gasteiger partial charge in [0.1, 0.15) is 0 Å². The van der Waals surface area contributed by atoms with E-state index in [1.807, 2.05) is 13.0 Å². The van der Waals surface area contributed by atoms with E-state index in [0.717, 1.165) is 22.2 Å². The van der Waals surface area contributed by atoms with Gasteiger partial charge in [0, 0.05) is 28.2 Å². The van der Waals surface area contributed by atoms with E-state index < -0.39 is 0 Å². The van der Waals surface area contributed by atoms with Crippen LogP contribution in [0, 0.1) is 6.92 Å². The average molecular weight is 407 g/mol. The molecular weight excluding hydrogens is 387 g/mol. The SMILES string of the molecule is COc1ccc(C(=O)NCCc2c(C)[nH]c3c(Cl)cc(Cl)cc23)cc1OC. The molecule has 0 radical (unpaired) electrons. The molecule has 2 N–H and O–H groups in total. The Balaban J connectivity index is 1.72. The minimum Gasteiger partial charge on any atom is -0.493 e. The Kier molecular flexibility index (Phi) is 5.82. The number of hydrogen-bond acceptors (Lipinski definition) is 3. The lowest BCUT2D eigenvalue weighted by molar-refractivity contribution is 0.0953. The van der Waals surface area contributed by atoms with Crippen LogP contribution in [-0.2, 0) is 6.42 Å². The summed E-state index contributed by atoms with van der Waals surface area (Å²) in [6.45, 7) is 2.46. The number of rotatable bonds is 6. The molecule has 0 saturated carbocycles. The topological polar surface area (TPSA) is 63.3 Å². The van der Waals surface area contributed by atoms with Crippen LogP contribution < -0.4 is 14.8 Å². The second-order valence-corrected chi connectivity index (χ2v) is 6.96. The van der Waals surface area contributed by atoms with Crippen LogP contribution in [0.1, 0.15) is 21.6 Å². The molecule has 3 aromatic rings. The number of benzene rings is 2. The molecule has 7 heteroatoms. The van der Waals surface area contributed by atoms with Gasteiger partial charge < -0.3 is 19.8 Å². The van der Waals surface area contributed by atoms with Gasteiger partial charge in [-0.25, -0.2) is 0 Å². The number of halogens is 2. The van der Waals surface area contributed by atoms with Crippen molar-refractivity contribution in [3.8, 4) is 11.5 Å². The van der Waals surface area contributed by atoms with E-state index in [1.54, 1.807) is 31.4 Å². The lowest BCUT2D eigenvalue weighted by atomic mass is 10.1. The van der Waals surface area contributed by atoms with Crippen molar-refractivity contribution < 1.29 is 14.3 Å². The highest BCUT2D eigenvalue weighted by Gasteiger charge is 2.14. The Morgan fingerprint density at radius 1 is 1.11 bits per heavy atom. The summed E-state index contributed by atoms with van der Waals surface area (Å²) in [6.07, 6.45) is 0.654. The summed E-state index contributed by atoms with van der Waals surface area (Å²) in [7, 11) is 3.09. The first-order valence-corrected chi connectivity index (χ1v) is 9.16. The Labute approximate surface area is 167 Å². The van der Waals surface area contributed by atoms with Crippen LogP contribution in [-0.4, -0.2) is 31.7 Å². The summed E-state index contributed by atoms with van der Waals surface area (Å²) in [5, 5.41) is 5.08. The zero-order chi connectivity index (χ0) is 19.6. The van der Waals surface area contributed by atoms with Gasteiger partial charge in [0.25, 0.3) is 5.91 Å². The van der Waals surface area contributed by atoms with E-state index in [0.29, 0.717) is 40.1 Å². The van der Waals surface area contributed by atoms with E-state index in [1.165, 1.54) is 7.11 Å². The molecule has 0 aliphatic heterocycles. The maximum absolute atomic E-state index is 12.4. The predicted octanol–water partition coefficient (Wildman–Crippen LogP) is 4.77. The van der Waals surface area contributed by atoms with Crippen LogP contribution in [0.25, 0.3) is 10.9 Å². The van der Waals surface area contributed by atoms with E-state index in [-0.39, 0.29) is 5.91 Å². The number of aryl methyl sites for hydroxylation is 1. The Morgan fingerprint density at radius 3 is 2.56 bits per heavy atom. The lowest BCUT2D eigenvalue weighted by Crippen LogP contribution is -2.25. The quantitative estimate of drug-likeness (QED) is 0.619. The fourth-order valence-electron chi connectivity index (χ4n) is 3.11. The summed E-state index contributed by atoms with van der Waals surface area (Å²) in [4.78, 5) is 15.7. The predicted molar refractivity (Wildman–Crippen MR) is 109 cm³/mol. The standard InChI is InChI=1S/C20H20Cl2N2O3/c1-11-14(15-9-13(21)10-16(22)19(15)24-11)6-7-23-20(25)12-4-5-17(26-2)18(8-12)27-3/h4-5,8-10,24H,6-7H2,1-3H3,(H,23,25). The van der Waals surface area contributed by atoms with E-state index in [9.17, 15) is 4.79 Å². The van der Waals surface area contributed by atoms with Crippen molar-refractivity contribution in [3.63, 3.8) is 0 Å². The first-order valence-electron chi connectivity index (χ1n) is 8.41. The summed E-state index contributed by atoms with van der Waals surface area (Å²) in [6, 6.07) is 8.67. The van der Waals surface area contributed by atoms with Crippen LogP contribution in [0.2, 0.25) is 10.0 Å². The zero-order valence-electron chi connectivity index (χ0n) is 15.3. The molecule has 1 aromatic heterocycles. The van der Waals surface area contributed by atoms with Gasteiger partial charge >= 0.3 is 0 Å². The molecule has 0 aliphatic carbocycles. The lowest BCUT2D eigenvalue weighted by Gasteiger charge is -2.10. The maximum atomic E-state index is 12.4. The van der Waals surface area contributed by atoms with Crippen LogP contribution in [0.15, 0.2) is 30.3 Å². The van der Waals surface area contributed by atoms with Crippen molar-refractivity contribution in [2.45, 2.75) is 13.3 Å². The molecule has 0 bridgehead atoms. The molecular formula is C20H20Cl2N2O3. The number of amides is 1. The van der Waals surface area contributed by atoms with Gasteiger partial charge in [-0.1, -0.05) is 23.2 Å². The molecule has 27 heavy (non-hydrogen) atoms. The number of carbonyl (C=O) groups excluding carboxylic acids is 1. The summed E-state index contributed by atoms with van der Waals surface area (Å²) in [5.74, 6) is 0.920. The number of methoxy groups -OCH3 is 2. The third-order valence-corrected chi connectivity index (χ3v) is 4.97. The highest BCUT2D eigenvalue weighted by Crippen LogP contribution is 2.32. The van der Waals surface area contributed by atoms with Crippen molar-refractivity contribution in [3.05, 3.63) is 57.2 Å². The minimum absolute atomic E-state index is 0.176. The molecule has 1 amide bonds. The molecule has 0 saturated heterocycles. The monoisotopic (exact) mass is 406 g/mol. The first-order chi connectivity index (χ1) is 12.9. The molecule has 2 aromatic carbocycles. The fraction of sp³-hybridized carbons (Fsp3) is 0.250. The Morgan fingerprint density at radius 2 is 1.85 bits per heavy atom. The number of hydrogen-bond donors (Lipinski definition) is 2. The van der Waals surface area contributed by atoms with Gasteiger partial charge in [-0.05, 0) is 49.2 Å². The molecule has 142 valence electrons. The second kappa shape index (κ2) is 8.11. The van der Waals surface area contributed by atoms with Crippen molar-refractivity contribution in [2.75, 3.05) is 20.8 Å². The molecule has 0 atom stereocenters. The zero-order valence-corrected chi connectivity index (χ0v) is 16.8. The normalized spacial score (nSPS) is 10.9. The molecule has 0 aliphatic rings. The molecule has 0 spiro atoms. The molecule has 1 heterocycles. The number of fused-ring (bicyclic) bond motifs is 1. The summed E-state index contributed by atoms with van der Waals surface area (Å²) >= 11 is 12.4.